The number of hydrogen-bond donors (Lipinski definition) is 4. The summed E-state index contributed by atoms with van der Waals surface area (Å²) >= 11 is 0. The molecule has 256 valence electrons. The number of halogens is 5. The lowest BCUT2D eigenvalue weighted by Crippen LogP contribution is -2.48. The Kier molecular flexibility index (Phi) is 12.4. The van der Waals surface area contributed by atoms with Crippen molar-refractivity contribution in [3.8, 4) is 0 Å². The summed E-state index contributed by atoms with van der Waals surface area (Å²) in [5, 5.41) is 22.6. The predicted octanol–water partition coefficient (Wildman–Crippen LogP) is 4.86. The molecule has 48 heavy (non-hydrogen) atoms. The van der Waals surface area contributed by atoms with Gasteiger partial charge in [-0.2, -0.15) is 18.3 Å². The number of hydrogen-bond acceptors (Lipinski definition) is 6. The zero-order valence-corrected chi connectivity index (χ0v) is 26.4. The standard InChI is InChI=1S/C34H37F5N6O3/c1-3-44(21-22-9-6-5-7-10-22)43-33(48)30-18-29(42-45(30)4-2)32(47)41-28(16-24-14-26(35)17-27(36)15-24)31(46)20-40-19-23-11-8-12-25(13-23)34(37,38)39/h5-15,17-18,28,31,40,46H,3-4,16,19-21H2,1-2H3,(H,41,47)(H,43,48)/t28-,31+/m0/s1. The first-order valence-electron chi connectivity index (χ1n) is 15.3. The van der Waals surface area contributed by atoms with Gasteiger partial charge in [0.2, 0.25) is 0 Å². The maximum absolute atomic E-state index is 14.0. The maximum atomic E-state index is 14.0. The van der Waals surface area contributed by atoms with Crippen molar-refractivity contribution >= 4 is 11.8 Å². The SMILES string of the molecule is CCN(Cc1ccccc1)NC(=O)c1cc(C(=O)N[C@@H](Cc2cc(F)cc(F)c2)[C@H](O)CNCc2cccc(C(F)(F)F)c2)nn1CC. The Morgan fingerprint density at radius 3 is 2.23 bits per heavy atom. The first kappa shape index (κ1) is 36.2. The lowest BCUT2D eigenvalue weighted by Gasteiger charge is -2.24. The van der Waals surface area contributed by atoms with E-state index in [0.29, 0.717) is 24.7 Å². The molecule has 3 aromatic carbocycles. The second kappa shape index (κ2) is 16.4. The van der Waals surface area contributed by atoms with Gasteiger partial charge in [-0.15, -0.1) is 0 Å². The van der Waals surface area contributed by atoms with Crippen LogP contribution in [0.5, 0.6) is 0 Å². The number of aliphatic hydroxyl groups excluding tert-OH is 1. The monoisotopic (exact) mass is 672 g/mol. The lowest BCUT2D eigenvalue weighted by molar-refractivity contribution is -0.137. The van der Waals surface area contributed by atoms with Crippen LogP contribution in [0.3, 0.4) is 0 Å². The van der Waals surface area contributed by atoms with Crippen LogP contribution in [0.4, 0.5) is 22.0 Å². The molecule has 9 nitrogen and oxygen atoms in total. The number of alkyl halides is 3. The number of nitrogens with zero attached hydrogens (tertiary/aromatic N) is 3. The third-order valence-corrected chi connectivity index (χ3v) is 7.50. The minimum atomic E-state index is -4.52. The smallest absolute Gasteiger partial charge is 0.390 e. The van der Waals surface area contributed by atoms with Crippen LogP contribution in [0.1, 0.15) is 57.1 Å². The van der Waals surface area contributed by atoms with E-state index in [9.17, 15) is 36.6 Å². The summed E-state index contributed by atoms with van der Waals surface area (Å²) in [6.07, 6.45) is -6.06. The summed E-state index contributed by atoms with van der Waals surface area (Å²) in [4.78, 5) is 26.7. The highest BCUT2D eigenvalue weighted by Crippen LogP contribution is 2.29. The normalized spacial score (nSPS) is 12.9. The van der Waals surface area contributed by atoms with E-state index < -0.39 is 47.3 Å². The number of aliphatic hydroxyl groups is 1. The van der Waals surface area contributed by atoms with E-state index in [1.807, 2.05) is 37.3 Å². The number of carbonyl (C=O) groups is 2. The average molecular weight is 673 g/mol. The van der Waals surface area contributed by atoms with Crippen LogP contribution in [0.15, 0.2) is 78.9 Å². The summed E-state index contributed by atoms with van der Waals surface area (Å²) in [5.74, 6) is -2.95. The molecule has 2 amide bonds. The molecule has 4 aromatic rings. The van der Waals surface area contributed by atoms with Gasteiger partial charge in [-0.1, -0.05) is 55.5 Å². The van der Waals surface area contributed by atoms with Crippen LogP contribution in [0, 0.1) is 11.6 Å². The molecule has 0 saturated heterocycles. The number of nitrogens with one attached hydrogen (secondary N) is 3. The van der Waals surface area contributed by atoms with Crippen LogP contribution in [0.25, 0.3) is 0 Å². The van der Waals surface area contributed by atoms with Crippen molar-refractivity contribution in [3.63, 3.8) is 0 Å². The molecule has 0 radical (unpaired) electrons. The van der Waals surface area contributed by atoms with Crippen molar-refractivity contribution < 1.29 is 36.6 Å². The minimum absolute atomic E-state index is 0.0331. The molecule has 0 saturated carbocycles. The van der Waals surface area contributed by atoms with Gasteiger partial charge < -0.3 is 15.7 Å². The molecular weight excluding hydrogens is 635 g/mol. The number of benzene rings is 3. The van der Waals surface area contributed by atoms with Gasteiger partial charge in [0, 0.05) is 44.9 Å². The number of rotatable bonds is 15. The van der Waals surface area contributed by atoms with E-state index in [4.69, 9.17) is 0 Å². The van der Waals surface area contributed by atoms with E-state index in [-0.39, 0.29) is 43.0 Å². The van der Waals surface area contributed by atoms with E-state index in [1.54, 1.807) is 11.9 Å². The van der Waals surface area contributed by atoms with Crippen LogP contribution in [0.2, 0.25) is 0 Å². The van der Waals surface area contributed by atoms with Gasteiger partial charge in [0.25, 0.3) is 11.8 Å². The van der Waals surface area contributed by atoms with Crippen LogP contribution in [-0.2, 0) is 32.2 Å². The van der Waals surface area contributed by atoms with Crippen LogP contribution in [-0.4, -0.2) is 56.9 Å². The van der Waals surface area contributed by atoms with Gasteiger partial charge in [-0.25, -0.2) is 13.8 Å². The van der Waals surface area contributed by atoms with Crippen molar-refractivity contribution in [1.82, 2.24) is 30.8 Å². The number of carbonyl (C=O) groups excluding carboxylic acids is 2. The first-order valence-corrected chi connectivity index (χ1v) is 15.3. The zero-order valence-electron chi connectivity index (χ0n) is 26.4. The average Bonchev–Trinajstić information content (AvgIpc) is 3.49. The highest BCUT2D eigenvalue weighted by Gasteiger charge is 2.30. The molecule has 0 aliphatic heterocycles. The molecular formula is C34H37F5N6O3. The Balaban J connectivity index is 1.48. The van der Waals surface area contributed by atoms with Crippen LogP contribution < -0.4 is 16.1 Å². The molecule has 0 aliphatic rings. The Labute approximate surface area is 274 Å². The van der Waals surface area contributed by atoms with Gasteiger partial charge in [0.15, 0.2) is 5.69 Å². The number of hydrazine groups is 1. The third kappa shape index (κ3) is 10.2. The van der Waals surface area contributed by atoms with Gasteiger partial charge in [0.05, 0.1) is 17.7 Å². The molecule has 2 atom stereocenters. The molecule has 4 rings (SSSR count). The largest absolute Gasteiger partial charge is 0.416 e. The Hall–Kier alpha value is -4.66. The quantitative estimate of drug-likeness (QED) is 0.106. The van der Waals surface area contributed by atoms with E-state index in [2.05, 4.69) is 21.2 Å². The van der Waals surface area contributed by atoms with E-state index >= 15 is 0 Å². The zero-order chi connectivity index (χ0) is 34.8. The fourth-order valence-corrected chi connectivity index (χ4v) is 5.06. The summed E-state index contributed by atoms with van der Waals surface area (Å²) in [6.45, 7) is 4.60. The number of aryl methyl sites for hydroxylation is 1. The number of aromatic nitrogens is 2. The summed E-state index contributed by atoms with van der Waals surface area (Å²) < 4.78 is 68.6. The lowest BCUT2D eigenvalue weighted by atomic mass is 10.00. The van der Waals surface area contributed by atoms with Gasteiger partial charge in [-0.05, 0) is 48.2 Å². The molecule has 0 spiro atoms. The van der Waals surface area contributed by atoms with E-state index in [0.717, 1.165) is 29.8 Å². The Bertz CT molecular complexity index is 1660. The Morgan fingerprint density at radius 2 is 1.58 bits per heavy atom. The Morgan fingerprint density at radius 1 is 0.896 bits per heavy atom. The maximum Gasteiger partial charge on any atom is 0.416 e. The molecule has 0 aliphatic carbocycles. The predicted molar refractivity (Wildman–Crippen MR) is 168 cm³/mol. The number of amides is 2. The molecule has 4 N–H and O–H groups in total. The van der Waals surface area contributed by atoms with Crippen molar-refractivity contribution in [2.24, 2.45) is 0 Å². The van der Waals surface area contributed by atoms with Gasteiger partial charge in [0.1, 0.15) is 17.3 Å². The first-order chi connectivity index (χ1) is 22.9. The second-order valence-electron chi connectivity index (χ2n) is 11.1. The summed E-state index contributed by atoms with van der Waals surface area (Å²) in [5.41, 5.74) is 3.43. The van der Waals surface area contributed by atoms with Crippen LogP contribution >= 0.6 is 0 Å². The molecule has 0 unspecified atom stereocenters. The van der Waals surface area contributed by atoms with Crippen molar-refractivity contribution in [2.45, 2.75) is 58.2 Å². The molecule has 1 aromatic heterocycles. The van der Waals surface area contributed by atoms with Gasteiger partial charge >= 0.3 is 6.18 Å². The van der Waals surface area contributed by atoms with Gasteiger partial charge in [-0.3, -0.25) is 19.7 Å². The van der Waals surface area contributed by atoms with Crippen molar-refractivity contribution in [3.05, 3.63) is 124 Å². The summed E-state index contributed by atoms with van der Waals surface area (Å²) in [7, 11) is 0. The molecule has 0 fully saturated rings. The second-order valence-corrected chi connectivity index (χ2v) is 11.1. The fourth-order valence-electron chi connectivity index (χ4n) is 5.06. The molecule has 1 heterocycles. The topological polar surface area (TPSA) is 112 Å². The van der Waals surface area contributed by atoms with Crippen molar-refractivity contribution in [1.29, 1.82) is 0 Å². The third-order valence-electron chi connectivity index (χ3n) is 7.50. The molecule has 0 bridgehead atoms. The minimum Gasteiger partial charge on any atom is -0.390 e. The summed E-state index contributed by atoms with van der Waals surface area (Å²) in [6, 6.07) is 17.2. The highest BCUT2D eigenvalue weighted by molar-refractivity contribution is 5.97. The highest BCUT2D eigenvalue weighted by atomic mass is 19.4. The van der Waals surface area contributed by atoms with Crippen molar-refractivity contribution in [2.75, 3.05) is 13.1 Å². The van der Waals surface area contributed by atoms with E-state index in [1.165, 1.54) is 22.9 Å². The fraction of sp³-hybridized carbons (Fsp3) is 0.324. The molecule has 14 heteroatoms.